The normalized spacial score (nSPS) is 27.1. The zero-order valence-electron chi connectivity index (χ0n) is 16.5. The number of aliphatic hydroxyl groups excluding tert-OH is 1. The molecule has 29 heavy (non-hydrogen) atoms. The molecule has 1 aliphatic heterocycles. The number of aromatic hydroxyl groups is 1. The number of hydrogen-bond donors (Lipinski definition) is 3. The first-order valence-electron chi connectivity index (χ1n) is 10.9. The van der Waals surface area contributed by atoms with E-state index in [0.717, 1.165) is 66.7 Å². The number of anilines is 1. The minimum atomic E-state index is -0.342. The van der Waals surface area contributed by atoms with Gasteiger partial charge in [-0.1, -0.05) is 6.07 Å². The second kappa shape index (κ2) is 6.41. The molecule has 2 atom stereocenters. The Morgan fingerprint density at radius 2 is 1.93 bits per heavy atom. The Morgan fingerprint density at radius 3 is 2.62 bits per heavy atom. The molecule has 0 saturated heterocycles. The number of ether oxygens (including phenoxy) is 1. The van der Waals surface area contributed by atoms with Crippen molar-refractivity contribution in [3.63, 3.8) is 0 Å². The number of fused-ring (bicyclic) bond motifs is 1. The Hall–Kier alpha value is -2.18. The van der Waals surface area contributed by atoms with Gasteiger partial charge in [0, 0.05) is 17.5 Å². The van der Waals surface area contributed by atoms with Crippen LogP contribution in [-0.2, 0) is 17.8 Å². The van der Waals surface area contributed by atoms with Crippen molar-refractivity contribution in [1.29, 1.82) is 0 Å². The summed E-state index contributed by atoms with van der Waals surface area (Å²) in [7, 11) is 0. The minimum Gasteiger partial charge on any atom is -0.507 e. The number of aromatic nitrogens is 2. The van der Waals surface area contributed by atoms with E-state index in [-0.39, 0.29) is 23.5 Å². The Bertz CT molecular complexity index is 968. The molecule has 2 aromatic rings. The number of nitrogens with one attached hydrogen (secondary N) is 1. The maximum Gasteiger partial charge on any atom is 0.154 e. The third-order valence-electron chi connectivity index (χ3n) is 7.14. The summed E-state index contributed by atoms with van der Waals surface area (Å²) >= 11 is 0. The fourth-order valence-electron chi connectivity index (χ4n) is 4.95. The van der Waals surface area contributed by atoms with Crippen LogP contribution in [0.3, 0.4) is 0 Å². The Kier molecular flexibility index (Phi) is 3.90. The number of phenols is 1. The lowest BCUT2D eigenvalue weighted by atomic mass is 9.92. The summed E-state index contributed by atoms with van der Waals surface area (Å²) in [6.07, 6.45) is 7.81. The Labute approximate surface area is 170 Å². The van der Waals surface area contributed by atoms with Crippen LogP contribution in [0.4, 0.5) is 5.82 Å². The Morgan fingerprint density at radius 1 is 1.07 bits per heavy atom. The third kappa shape index (κ3) is 3.09. The predicted molar refractivity (Wildman–Crippen MR) is 109 cm³/mol. The molecule has 6 heteroatoms. The molecule has 4 aliphatic rings. The molecule has 0 amide bonds. The van der Waals surface area contributed by atoms with Crippen molar-refractivity contribution in [3.8, 4) is 17.0 Å². The summed E-state index contributed by atoms with van der Waals surface area (Å²) < 4.78 is 6.18. The smallest absolute Gasteiger partial charge is 0.154 e. The molecule has 6 rings (SSSR count). The largest absolute Gasteiger partial charge is 0.507 e. The highest BCUT2D eigenvalue weighted by atomic mass is 16.5. The van der Waals surface area contributed by atoms with Gasteiger partial charge in [-0.3, -0.25) is 0 Å². The molecule has 2 heterocycles. The molecule has 152 valence electrons. The zero-order valence-corrected chi connectivity index (χ0v) is 16.5. The molecule has 0 radical (unpaired) electrons. The van der Waals surface area contributed by atoms with Crippen molar-refractivity contribution >= 4 is 5.82 Å². The highest BCUT2D eigenvalue weighted by Crippen LogP contribution is 2.50. The van der Waals surface area contributed by atoms with Gasteiger partial charge in [-0.15, -0.1) is 10.2 Å². The molecule has 0 unspecified atom stereocenters. The van der Waals surface area contributed by atoms with Crippen LogP contribution in [0, 0.1) is 0 Å². The summed E-state index contributed by atoms with van der Waals surface area (Å²) in [5.74, 6) is 1.61. The van der Waals surface area contributed by atoms with E-state index in [1.807, 2.05) is 12.1 Å². The van der Waals surface area contributed by atoms with E-state index >= 15 is 0 Å². The second-order valence-electron chi connectivity index (χ2n) is 9.30. The van der Waals surface area contributed by atoms with Crippen molar-refractivity contribution in [2.75, 3.05) is 5.32 Å². The van der Waals surface area contributed by atoms with Gasteiger partial charge in [0.25, 0.3) is 0 Å². The third-order valence-corrected chi connectivity index (χ3v) is 7.14. The zero-order chi connectivity index (χ0) is 19.6. The summed E-state index contributed by atoms with van der Waals surface area (Å²) in [6.45, 7) is 0.504. The lowest BCUT2D eigenvalue weighted by Crippen LogP contribution is -2.31. The molecular formula is C23H27N3O3. The van der Waals surface area contributed by atoms with Crippen molar-refractivity contribution in [1.82, 2.24) is 10.2 Å². The molecular weight excluding hydrogens is 366 g/mol. The fraction of sp³-hybridized carbons (Fsp3) is 0.565. The van der Waals surface area contributed by atoms with Gasteiger partial charge in [0.1, 0.15) is 11.4 Å². The molecule has 6 nitrogen and oxygen atoms in total. The van der Waals surface area contributed by atoms with Gasteiger partial charge in [-0.25, -0.2) is 0 Å². The van der Waals surface area contributed by atoms with Gasteiger partial charge in [0.2, 0.25) is 0 Å². The van der Waals surface area contributed by atoms with Crippen LogP contribution in [0.5, 0.6) is 5.75 Å². The summed E-state index contributed by atoms with van der Waals surface area (Å²) in [5.41, 5.74) is 4.84. The number of benzene rings is 1. The van der Waals surface area contributed by atoms with Gasteiger partial charge in [0.15, 0.2) is 5.82 Å². The van der Waals surface area contributed by atoms with Crippen LogP contribution in [-0.4, -0.2) is 38.2 Å². The molecule has 1 aromatic heterocycles. The van der Waals surface area contributed by atoms with Crippen LogP contribution in [0.25, 0.3) is 11.3 Å². The number of rotatable bonds is 4. The number of hydrogen-bond acceptors (Lipinski definition) is 6. The first-order chi connectivity index (χ1) is 14.1. The average Bonchev–Trinajstić information content (AvgIpc) is 3.64. The van der Waals surface area contributed by atoms with E-state index in [1.165, 1.54) is 18.4 Å². The van der Waals surface area contributed by atoms with Crippen LogP contribution < -0.4 is 5.32 Å². The van der Waals surface area contributed by atoms with Gasteiger partial charge in [-0.2, -0.15) is 0 Å². The van der Waals surface area contributed by atoms with Gasteiger partial charge < -0.3 is 20.3 Å². The Balaban J connectivity index is 1.41. The lowest BCUT2D eigenvalue weighted by molar-refractivity contribution is 0.00828. The highest BCUT2D eigenvalue weighted by Gasteiger charge is 2.48. The first-order valence-corrected chi connectivity index (χ1v) is 10.9. The summed E-state index contributed by atoms with van der Waals surface area (Å²) in [5, 5.41) is 33.4. The van der Waals surface area contributed by atoms with Crippen LogP contribution in [0.15, 0.2) is 18.2 Å². The van der Waals surface area contributed by atoms with E-state index < -0.39 is 0 Å². The topological polar surface area (TPSA) is 87.5 Å². The molecule has 0 bridgehead atoms. The number of nitrogens with zero attached hydrogens (tertiary/aromatic N) is 2. The van der Waals surface area contributed by atoms with Crippen LogP contribution >= 0.6 is 0 Å². The molecule has 3 saturated carbocycles. The number of phenolic OH excluding ortho intramolecular Hbond substituents is 1. The van der Waals surface area contributed by atoms with E-state index in [1.54, 1.807) is 0 Å². The molecule has 3 N–H and O–H groups in total. The maximum absolute atomic E-state index is 10.8. The van der Waals surface area contributed by atoms with Gasteiger partial charge in [0.05, 0.1) is 24.4 Å². The lowest BCUT2D eigenvalue weighted by Gasteiger charge is -2.29. The summed E-state index contributed by atoms with van der Waals surface area (Å²) in [6, 6.07) is 6.03. The van der Waals surface area contributed by atoms with Gasteiger partial charge >= 0.3 is 0 Å². The maximum atomic E-state index is 10.8. The van der Waals surface area contributed by atoms with E-state index in [9.17, 15) is 10.2 Å². The first kappa shape index (κ1) is 17.7. The summed E-state index contributed by atoms with van der Waals surface area (Å²) in [4.78, 5) is 0. The monoisotopic (exact) mass is 393 g/mol. The standard InChI is InChI=1S/C23H27N3O3/c27-19-3-1-2-18(19)24-22-17-12-29-23(8-9-23)11-16(17)21(25-26-22)15-7-6-14(10-20(15)28)13-4-5-13/h6-7,10,13,18-19,27-28H,1-5,8-9,11-12H2,(H,24,26)/t18-,19-/m1/s1. The number of aliphatic hydroxyl groups is 1. The molecule has 3 aliphatic carbocycles. The van der Waals surface area contributed by atoms with Crippen LogP contribution in [0.1, 0.15) is 67.6 Å². The van der Waals surface area contributed by atoms with Crippen molar-refractivity contribution < 1.29 is 14.9 Å². The minimum absolute atomic E-state index is 0.0160. The molecule has 3 fully saturated rings. The van der Waals surface area contributed by atoms with E-state index in [0.29, 0.717) is 12.5 Å². The fourth-order valence-corrected chi connectivity index (χ4v) is 4.95. The van der Waals surface area contributed by atoms with Crippen molar-refractivity contribution in [3.05, 3.63) is 34.9 Å². The second-order valence-corrected chi connectivity index (χ2v) is 9.30. The van der Waals surface area contributed by atoms with Gasteiger partial charge in [-0.05, 0) is 74.1 Å². The SMILES string of the molecule is Oc1cc(C2CC2)ccc1-c1nnc(N[C@@H]2CCC[C@H]2O)c2c1CC1(CC1)OC2. The predicted octanol–water partition coefficient (Wildman–Crippen LogP) is 3.66. The van der Waals surface area contributed by atoms with Crippen LogP contribution in [0.2, 0.25) is 0 Å². The van der Waals surface area contributed by atoms with E-state index in [4.69, 9.17) is 4.74 Å². The van der Waals surface area contributed by atoms with E-state index in [2.05, 4.69) is 21.6 Å². The quantitative estimate of drug-likeness (QED) is 0.735. The van der Waals surface area contributed by atoms with Crippen molar-refractivity contribution in [2.45, 2.75) is 81.6 Å². The highest BCUT2D eigenvalue weighted by molar-refractivity contribution is 5.73. The van der Waals surface area contributed by atoms with Crippen molar-refractivity contribution in [2.24, 2.45) is 0 Å². The molecule has 1 aromatic carbocycles. The molecule has 1 spiro atoms. The average molecular weight is 393 g/mol.